The number of para-hydroxylation sites is 2. The number of anilines is 1. The number of aromatic nitrogens is 3. The molecule has 3 N–H and O–H groups in total. The zero-order valence-electron chi connectivity index (χ0n) is 13.7. The standard InChI is InChI=1S/C18H19N5O2/c24-17(6-5-16-22-14-3-1-2-4-15(14)23-16)20-12-9-18(25)21-13-7-10-19-11-8-13/h1-4,7-8,10-11H,5-6,9,12H2,(H,20,24)(H,22,23)(H,19,21,25). The van der Waals surface area contributed by atoms with Crippen molar-refractivity contribution in [2.24, 2.45) is 0 Å². The summed E-state index contributed by atoms with van der Waals surface area (Å²) in [4.78, 5) is 35.2. The lowest BCUT2D eigenvalue weighted by atomic mass is 10.2. The van der Waals surface area contributed by atoms with Gasteiger partial charge in [-0.2, -0.15) is 0 Å². The molecular formula is C18H19N5O2. The van der Waals surface area contributed by atoms with Gasteiger partial charge in [-0.1, -0.05) is 12.1 Å². The smallest absolute Gasteiger partial charge is 0.226 e. The second kappa shape index (κ2) is 8.05. The van der Waals surface area contributed by atoms with E-state index in [-0.39, 0.29) is 18.2 Å². The fourth-order valence-electron chi connectivity index (χ4n) is 2.42. The number of pyridine rings is 1. The lowest BCUT2D eigenvalue weighted by molar-refractivity contribution is -0.121. The summed E-state index contributed by atoms with van der Waals surface area (Å²) >= 11 is 0. The van der Waals surface area contributed by atoms with Gasteiger partial charge in [0.2, 0.25) is 11.8 Å². The van der Waals surface area contributed by atoms with Crippen LogP contribution in [0, 0.1) is 0 Å². The van der Waals surface area contributed by atoms with Gasteiger partial charge in [0.25, 0.3) is 0 Å². The quantitative estimate of drug-likeness (QED) is 0.614. The predicted octanol–water partition coefficient (Wildman–Crippen LogP) is 2.04. The molecule has 3 rings (SSSR count). The molecule has 0 aliphatic rings. The first-order valence-electron chi connectivity index (χ1n) is 8.11. The van der Waals surface area contributed by atoms with E-state index in [0.29, 0.717) is 25.1 Å². The molecular weight excluding hydrogens is 318 g/mol. The van der Waals surface area contributed by atoms with E-state index in [2.05, 4.69) is 25.6 Å². The Balaban J connectivity index is 1.37. The molecule has 7 nitrogen and oxygen atoms in total. The van der Waals surface area contributed by atoms with E-state index in [9.17, 15) is 9.59 Å². The molecule has 0 aliphatic heterocycles. The lowest BCUT2D eigenvalue weighted by Gasteiger charge is -2.06. The number of carbonyl (C=O) groups is 2. The third-order valence-electron chi connectivity index (χ3n) is 3.67. The highest BCUT2D eigenvalue weighted by Crippen LogP contribution is 2.11. The highest BCUT2D eigenvalue weighted by molar-refractivity contribution is 5.91. The van der Waals surface area contributed by atoms with Gasteiger partial charge in [-0.15, -0.1) is 0 Å². The SMILES string of the molecule is O=C(CCc1nc2ccccc2[nH]1)NCCC(=O)Nc1ccncc1. The van der Waals surface area contributed by atoms with Gasteiger partial charge in [0.15, 0.2) is 0 Å². The van der Waals surface area contributed by atoms with Crippen LogP contribution >= 0.6 is 0 Å². The fraction of sp³-hybridized carbons (Fsp3) is 0.222. The van der Waals surface area contributed by atoms with E-state index >= 15 is 0 Å². The van der Waals surface area contributed by atoms with Gasteiger partial charge >= 0.3 is 0 Å². The summed E-state index contributed by atoms with van der Waals surface area (Å²) in [5.74, 6) is 0.535. The van der Waals surface area contributed by atoms with Crippen LogP contribution < -0.4 is 10.6 Å². The van der Waals surface area contributed by atoms with Gasteiger partial charge in [0.05, 0.1) is 11.0 Å². The Labute approximate surface area is 144 Å². The number of fused-ring (bicyclic) bond motifs is 1. The molecule has 2 aromatic heterocycles. The molecule has 25 heavy (non-hydrogen) atoms. The number of hydrogen-bond donors (Lipinski definition) is 3. The van der Waals surface area contributed by atoms with Crippen molar-refractivity contribution >= 4 is 28.5 Å². The van der Waals surface area contributed by atoms with E-state index in [0.717, 1.165) is 16.9 Å². The Hall–Kier alpha value is -3.22. The zero-order valence-corrected chi connectivity index (χ0v) is 13.7. The minimum absolute atomic E-state index is 0.0998. The van der Waals surface area contributed by atoms with Crippen molar-refractivity contribution in [3.63, 3.8) is 0 Å². The third kappa shape index (κ3) is 4.87. The number of benzene rings is 1. The minimum atomic E-state index is -0.149. The molecule has 0 spiro atoms. The molecule has 2 heterocycles. The Bertz CT molecular complexity index is 827. The van der Waals surface area contributed by atoms with E-state index < -0.39 is 0 Å². The number of hydrogen-bond acceptors (Lipinski definition) is 4. The number of nitrogens with zero attached hydrogens (tertiary/aromatic N) is 2. The first kappa shape index (κ1) is 16.6. The van der Waals surface area contributed by atoms with Crippen LogP contribution in [0.5, 0.6) is 0 Å². The van der Waals surface area contributed by atoms with Gasteiger partial charge in [-0.3, -0.25) is 14.6 Å². The maximum atomic E-state index is 11.9. The van der Waals surface area contributed by atoms with Gasteiger partial charge < -0.3 is 15.6 Å². The maximum absolute atomic E-state index is 11.9. The monoisotopic (exact) mass is 337 g/mol. The van der Waals surface area contributed by atoms with Crippen molar-refractivity contribution in [2.75, 3.05) is 11.9 Å². The summed E-state index contributed by atoms with van der Waals surface area (Å²) in [6.45, 7) is 0.301. The number of imidazole rings is 1. The average molecular weight is 337 g/mol. The zero-order chi connectivity index (χ0) is 17.5. The summed E-state index contributed by atoms with van der Waals surface area (Å²) in [5, 5.41) is 5.49. The van der Waals surface area contributed by atoms with Crippen molar-refractivity contribution in [2.45, 2.75) is 19.3 Å². The van der Waals surface area contributed by atoms with Crippen molar-refractivity contribution in [3.8, 4) is 0 Å². The van der Waals surface area contributed by atoms with Crippen LogP contribution in [0.25, 0.3) is 11.0 Å². The molecule has 7 heteroatoms. The maximum Gasteiger partial charge on any atom is 0.226 e. The first-order chi connectivity index (χ1) is 12.2. The molecule has 0 radical (unpaired) electrons. The van der Waals surface area contributed by atoms with Crippen LogP contribution in [0.4, 0.5) is 5.69 Å². The summed E-state index contributed by atoms with van der Waals surface area (Å²) < 4.78 is 0. The van der Waals surface area contributed by atoms with Crippen LogP contribution in [0.1, 0.15) is 18.7 Å². The number of rotatable bonds is 7. The fourth-order valence-corrected chi connectivity index (χ4v) is 2.42. The van der Waals surface area contributed by atoms with Crippen molar-refractivity contribution < 1.29 is 9.59 Å². The van der Waals surface area contributed by atoms with E-state index in [1.54, 1.807) is 24.5 Å². The van der Waals surface area contributed by atoms with Gasteiger partial charge in [0.1, 0.15) is 5.82 Å². The second-order valence-corrected chi connectivity index (χ2v) is 5.58. The van der Waals surface area contributed by atoms with E-state index in [4.69, 9.17) is 0 Å². The molecule has 0 bridgehead atoms. The minimum Gasteiger partial charge on any atom is -0.356 e. The lowest BCUT2D eigenvalue weighted by Crippen LogP contribution is -2.27. The van der Waals surface area contributed by atoms with Gasteiger partial charge in [-0.05, 0) is 24.3 Å². The largest absolute Gasteiger partial charge is 0.356 e. The van der Waals surface area contributed by atoms with Gasteiger partial charge in [0, 0.05) is 43.9 Å². The van der Waals surface area contributed by atoms with Crippen LogP contribution in [-0.4, -0.2) is 33.3 Å². The van der Waals surface area contributed by atoms with Crippen LogP contribution in [-0.2, 0) is 16.0 Å². The molecule has 0 aliphatic carbocycles. The summed E-state index contributed by atoms with van der Waals surface area (Å²) in [5.41, 5.74) is 2.55. The Morgan fingerprint density at radius 2 is 1.80 bits per heavy atom. The molecule has 0 saturated heterocycles. The first-order valence-corrected chi connectivity index (χ1v) is 8.11. The molecule has 0 unspecified atom stereocenters. The summed E-state index contributed by atoms with van der Waals surface area (Å²) in [7, 11) is 0. The molecule has 0 fully saturated rings. The van der Waals surface area contributed by atoms with E-state index in [1.165, 1.54) is 0 Å². The van der Waals surface area contributed by atoms with Crippen molar-refractivity contribution in [3.05, 3.63) is 54.6 Å². The van der Waals surface area contributed by atoms with Crippen LogP contribution in [0.15, 0.2) is 48.8 Å². The van der Waals surface area contributed by atoms with Crippen LogP contribution in [0.3, 0.4) is 0 Å². The number of H-pyrrole nitrogens is 1. The summed E-state index contributed by atoms with van der Waals surface area (Å²) in [6, 6.07) is 11.2. The Morgan fingerprint density at radius 3 is 2.60 bits per heavy atom. The third-order valence-corrected chi connectivity index (χ3v) is 3.67. The van der Waals surface area contributed by atoms with E-state index in [1.807, 2.05) is 24.3 Å². The predicted molar refractivity (Wildman–Crippen MR) is 94.9 cm³/mol. The molecule has 0 saturated carbocycles. The highest BCUT2D eigenvalue weighted by Gasteiger charge is 2.07. The molecule has 2 amide bonds. The Kier molecular flexibility index (Phi) is 5.36. The topological polar surface area (TPSA) is 99.8 Å². The van der Waals surface area contributed by atoms with Gasteiger partial charge in [-0.25, -0.2) is 4.98 Å². The molecule has 3 aromatic rings. The number of nitrogens with one attached hydrogen (secondary N) is 3. The Morgan fingerprint density at radius 1 is 1.00 bits per heavy atom. The highest BCUT2D eigenvalue weighted by atomic mass is 16.2. The molecule has 0 atom stereocenters. The number of carbonyl (C=O) groups excluding carboxylic acids is 2. The average Bonchev–Trinajstić information content (AvgIpc) is 3.04. The van der Waals surface area contributed by atoms with Crippen LogP contribution in [0.2, 0.25) is 0 Å². The summed E-state index contributed by atoms with van der Waals surface area (Å²) in [6.07, 6.45) is 4.29. The van der Waals surface area contributed by atoms with Crippen molar-refractivity contribution in [1.29, 1.82) is 0 Å². The molecule has 1 aromatic carbocycles. The molecule has 128 valence electrons. The second-order valence-electron chi connectivity index (χ2n) is 5.58. The van der Waals surface area contributed by atoms with Crippen molar-refractivity contribution in [1.82, 2.24) is 20.3 Å². The number of aromatic amines is 1. The number of amides is 2. The normalized spacial score (nSPS) is 10.6. The number of aryl methyl sites for hydroxylation is 1.